The summed E-state index contributed by atoms with van der Waals surface area (Å²) in [6.07, 6.45) is 3.23. The van der Waals surface area contributed by atoms with Gasteiger partial charge in [0.1, 0.15) is 0 Å². The Kier molecular flexibility index (Phi) is 5.63. The van der Waals surface area contributed by atoms with E-state index in [4.69, 9.17) is 16.1 Å². The van der Waals surface area contributed by atoms with Crippen molar-refractivity contribution in [2.45, 2.75) is 49.5 Å². The van der Waals surface area contributed by atoms with Gasteiger partial charge in [0.25, 0.3) is 0 Å². The lowest BCUT2D eigenvalue weighted by Crippen LogP contribution is -2.42. The molecule has 4 rings (SSSR count). The third-order valence-corrected chi connectivity index (χ3v) is 7.49. The van der Waals surface area contributed by atoms with Gasteiger partial charge in [0, 0.05) is 50.0 Å². The average molecular weight is 439 g/mol. The monoisotopic (exact) mass is 438 g/mol. The van der Waals surface area contributed by atoms with Crippen molar-refractivity contribution in [1.82, 2.24) is 19.3 Å². The maximum atomic E-state index is 12.9. The van der Waals surface area contributed by atoms with Crippen molar-refractivity contribution >= 4 is 27.5 Å². The number of hydrogen-bond acceptors (Lipinski definition) is 6. The fourth-order valence-electron chi connectivity index (χ4n) is 3.64. The molecule has 1 aromatic carbocycles. The second-order valence-corrected chi connectivity index (χ2v) is 9.92. The first-order chi connectivity index (χ1) is 13.8. The predicted molar refractivity (Wildman–Crippen MR) is 106 cm³/mol. The highest BCUT2D eigenvalue weighted by Gasteiger charge is 2.36. The summed E-state index contributed by atoms with van der Waals surface area (Å²) in [5.74, 6) is 1.55. The van der Waals surface area contributed by atoms with Crippen molar-refractivity contribution in [3.63, 3.8) is 0 Å². The van der Waals surface area contributed by atoms with E-state index in [2.05, 4.69) is 10.1 Å². The maximum absolute atomic E-state index is 12.9. The van der Waals surface area contributed by atoms with Gasteiger partial charge in [-0.2, -0.15) is 9.29 Å². The smallest absolute Gasteiger partial charge is 0.243 e. The number of rotatable bonds is 7. The van der Waals surface area contributed by atoms with Crippen LogP contribution in [0.25, 0.3) is 0 Å². The summed E-state index contributed by atoms with van der Waals surface area (Å²) >= 11 is 5.95. The van der Waals surface area contributed by atoms with E-state index in [-0.39, 0.29) is 23.4 Å². The minimum atomic E-state index is -3.65. The Labute approximate surface area is 174 Å². The van der Waals surface area contributed by atoms with E-state index in [9.17, 15) is 13.2 Å². The van der Waals surface area contributed by atoms with E-state index >= 15 is 0 Å². The van der Waals surface area contributed by atoms with Crippen LogP contribution < -0.4 is 0 Å². The molecule has 1 saturated heterocycles. The molecular formula is C19H23ClN4O4S. The lowest BCUT2D eigenvalue weighted by molar-refractivity contribution is -0.130. The Morgan fingerprint density at radius 1 is 1.34 bits per heavy atom. The summed E-state index contributed by atoms with van der Waals surface area (Å²) < 4.78 is 32.5. The summed E-state index contributed by atoms with van der Waals surface area (Å²) in [7, 11) is -3.65. The first kappa shape index (κ1) is 20.3. The zero-order chi connectivity index (χ0) is 20.6. The molecule has 0 radical (unpaired) electrons. The van der Waals surface area contributed by atoms with Gasteiger partial charge >= 0.3 is 0 Å². The number of carbonyl (C=O) groups excluding carboxylic acids is 1. The Balaban J connectivity index is 1.41. The second kappa shape index (κ2) is 8.04. The van der Waals surface area contributed by atoms with Gasteiger partial charge in [0.05, 0.1) is 4.90 Å². The summed E-state index contributed by atoms with van der Waals surface area (Å²) in [5.41, 5.74) is 0. The first-order valence-corrected chi connectivity index (χ1v) is 11.5. The molecule has 1 aliphatic heterocycles. The molecule has 0 spiro atoms. The third-order valence-electron chi connectivity index (χ3n) is 5.39. The van der Waals surface area contributed by atoms with Gasteiger partial charge in [-0.3, -0.25) is 4.79 Å². The van der Waals surface area contributed by atoms with E-state index in [1.807, 2.05) is 0 Å². The number of halogens is 1. The molecule has 2 aliphatic rings. The Hall–Kier alpha value is -1.97. The highest BCUT2D eigenvalue weighted by Crippen LogP contribution is 2.38. The number of benzene rings is 1. The minimum absolute atomic E-state index is 0.0945. The average Bonchev–Trinajstić information content (AvgIpc) is 3.21. The molecule has 0 bridgehead atoms. The quantitative estimate of drug-likeness (QED) is 0.658. The maximum Gasteiger partial charge on any atom is 0.243 e. The molecule has 2 aromatic rings. The third kappa shape index (κ3) is 4.46. The Bertz CT molecular complexity index is 1010. The van der Waals surface area contributed by atoms with Crippen LogP contribution in [0.4, 0.5) is 0 Å². The van der Waals surface area contributed by atoms with Gasteiger partial charge in [0.2, 0.25) is 21.8 Å². The Morgan fingerprint density at radius 2 is 2.14 bits per heavy atom. The normalized spacial score (nSPS) is 20.1. The second-order valence-electron chi connectivity index (χ2n) is 7.55. The van der Waals surface area contributed by atoms with Gasteiger partial charge in [0.15, 0.2) is 5.82 Å². The minimum Gasteiger partial charge on any atom is -0.339 e. The molecule has 29 heavy (non-hydrogen) atoms. The highest BCUT2D eigenvalue weighted by molar-refractivity contribution is 7.89. The van der Waals surface area contributed by atoms with Gasteiger partial charge < -0.3 is 9.42 Å². The zero-order valence-electron chi connectivity index (χ0n) is 16.1. The van der Waals surface area contributed by atoms with Crippen LogP contribution in [-0.4, -0.2) is 59.3 Å². The number of carbonyl (C=O) groups is 1. The van der Waals surface area contributed by atoms with Crippen molar-refractivity contribution in [1.29, 1.82) is 0 Å². The van der Waals surface area contributed by atoms with E-state index < -0.39 is 10.0 Å². The molecular weight excluding hydrogens is 416 g/mol. The lowest BCUT2D eigenvalue weighted by atomic mass is 10.2. The van der Waals surface area contributed by atoms with E-state index in [0.29, 0.717) is 48.6 Å². The number of aromatic nitrogens is 2. The molecule has 1 amide bonds. The first-order valence-electron chi connectivity index (χ1n) is 9.70. The highest BCUT2D eigenvalue weighted by atomic mass is 35.5. The molecule has 1 atom stereocenters. The molecule has 2 fully saturated rings. The number of sulfonamides is 1. The summed E-state index contributed by atoms with van der Waals surface area (Å²) in [6, 6.07) is 6.05. The van der Waals surface area contributed by atoms with Crippen LogP contribution in [-0.2, 0) is 21.2 Å². The molecule has 1 saturated carbocycles. The number of amides is 1. The van der Waals surface area contributed by atoms with Crippen molar-refractivity contribution in [2.24, 2.45) is 0 Å². The fraction of sp³-hybridized carbons (Fsp3) is 0.526. The van der Waals surface area contributed by atoms with Crippen LogP contribution in [0, 0.1) is 0 Å². The topological polar surface area (TPSA) is 96.6 Å². The number of hydrogen-bond donors (Lipinski definition) is 0. The zero-order valence-corrected chi connectivity index (χ0v) is 17.7. The largest absolute Gasteiger partial charge is 0.339 e. The van der Waals surface area contributed by atoms with Crippen LogP contribution in [0.2, 0.25) is 5.02 Å². The predicted octanol–water partition coefficient (Wildman–Crippen LogP) is 2.45. The number of nitrogens with zero attached hydrogens (tertiary/aromatic N) is 4. The molecule has 1 aromatic heterocycles. The lowest BCUT2D eigenvalue weighted by Gasteiger charge is -2.27. The van der Waals surface area contributed by atoms with Crippen molar-refractivity contribution < 1.29 is 17.7 Å². The van der Waals surface area contributed by atoms with Gasteiger partial charge in [-0.05, 0) is 37.5 Å². The molecule has 0 N–H and O–H groups in total. The van der Waals surface area contributed by atoms with Gasteiger partial charge in [-0.1, -0.05) is 22.8 Å². The standard InChI is InChI=1S/C19H23ClN4O4S/c1-13(25)24(10-8-18-21-19(28-22-18)14-5-6-14)16-7-9-23(12-16)29(26,27)17-4-2-3-15(20)11-17/h2-4,11,14,16H,5-10,12H2,1H3. The van der Waals surface area contributed by atoms with Gasteiger partial charge in [-0.25, -0.2) is 8.42 Å². The molecule has 156 valence electrons. The van der Waals surface area contributed by atoms with Crippen molar-refractivity contribution in [3.8, 4) is 0 Å². The molecule has 2 heterocycles. The van der Waals surface area contributed by atoms with Crippen LogP contribution in [0.15, 0.2) is 33.7 Å². The summed E-state index contributed by atoms with van der Waals surface area (Å²) in [6.45, 7) is 2.54. The molecule has 8 nitrogen and oxygen atoms in total. The SMILES string of the molecule is CC(=O)N(CCc1noc(C2CC2)n1)C1CCN(S(=O)(=O)c2cccc(Cl)c2)C1. The van der Waals surface area contributed by atoms with E-state index in [1.54, 1.807) is 17.0 Å². The summed E-state index contributed by atoms with van der Waals surface area (Å²) in [5, 5.41) is 4.37. The van der Waals surface area contributed by atoms with Crippen molar-refractivity contribution in [3.05, 3.63) is 41.0 Å². The van der Waals surface area contributed by atoms with Gasteiger partial charge in [-0.15, -0.1) is 0 Å². The van der Waals surface area contributed by atoms with Crippen LogP contribution >= 0.6 is 11.6 Å². The van der Waals surface area contributed by atoms with Crippen LogP contribution in [0.5, 0.6) is 0 Å². The fourth-order valence-corrected chi connectivity index (χ4v) is 5.44. The summed E-state index contributed by atoms with van der Waals surface area (Å²) in [4.78, 5) is 18.5. The van der Waals surface area contributed by atoms with Crippen LogP contribution in [0.3, 0.4) is 0 Å². The Morgan fingerprint density at radius 3 is 2.83 bits per heavy atom. The van der Waals surface area contributed by atoms with E-state index in [0.717, 1.165) is 12.8 Å². The molecule has 1 unspecified atom stereocenters. The van der Waals surface area contributed by atoms with Crippen molar-refractivity contribution in [2.75, 3.05) is 19.6 Å². The van der Waals surface area contributed by atoms with Crippen LogP contribution in [0.1, 0.15) is 43.8 Å². The molecule has 10 heteroatoms. The van der Waals surface area contributed by atoms with E-state index in [1.165, 1.54) is 23.4 Å². The molecule has 1 aliphatic carbocycles.